The molecule has 2 aliphatic carbocycles. The number of furan rings is 4. The normalized spacial score (nSPS) is 16.0. The molecule has 4 aliphatic rings. The fourth-order valence-corrected chi connectivity index (χ4v) is 15.9. The number of benzene rings is 4. The van der Waals surface area contributed by atoms with Crippen LogP contribution in [0.5, 0.6) is 11.5 Å². The highest BCUT2D eigenvalue weighted by Gasteiger charge is 2.49. The molecule has 2 saturated heterocycles. The minimum Gasteiger partial charge on any atom is -0.504 e. The summed E-state index contributed by atoms with van der Waals surface area (Å²) < 4.78 is 172. The van der Waals surface area contributed by atoms with Crippen molar-refractivity contribution < 1.29 is 95.7 Å². The lowest BCUT2D eigenvalue weighted by Crippen LogP contribution is -2.29. The van der Waals surface area contributed by atoms with E-state index in [1.807, 2.05) is 10.9 Å². The molecular formula is C94H76F9N17O13. The molecule has 30 nitrogen and oxygen atoms in total. The van der Waals surface area contributed by atoms with Gasteiger partial charge in [-0.3, -0.25) is 33.9 Å². The summed E-state index contributed by atoms with van der Waals surface area (Å²) in [6, 6.07) is 39.3. The number of rotatable bonds is 21. The third kappa shape index (κ3) is 19.6. The van der Waals surface area contributed by atoms with Gasteiger partial charge in [0.1, 0.15) is 76.5 Å². The SMILES string of the molecule is COc1cnccc1NC(=O)c1ccc(-c2c(-c3ccc(F)cc3)ncn2C2CCCC2)o1.O=C(Nc1c(O)cncc1F)c1ccc(-c2c(-c3ccc(F)cc3)ncn2C2CCCC2(F)F)o1.O=C(Nc1cc[nH]c(=O)c1)c1ccc(-c2c(-c3ccc(F)cc3)ncn2C2CCOC2)o1.O=C(Nc1ccncn1)c1ccc(-c2c(-c3ccc(F)cc3)ncn2C2COCC2(F)F)o1. The van der Waals surface area contributed by atoms with Crippen molar-refractivity contribution in [2.24, 2.45) is 0 Å². The molecule has 4 aromatic carbocycles. The first kappa shape index (κ1) is 88.9. The number of aromatic hydroxyl groups is 1. The number of methoxy groups -OCH3 is 1. The van der Waals surface area contributed by atoms with E-state index in [0.717, 1.165) is 61.3 Å². The van der Waals surface area contributed by atoms with Crippen molar-refractivity contribution in [2.75, 3.05) is 54.8 Å². The molecule has 12 aromatic heterocycles. The van der Waals surface area contributed by atoms with Crippen LogP contribution in [-0.4, -0.2) is 137 Å². The van der Waals surface area contributed by atoms with Gasteiger partial charge in [0.15, 0.2) is 63.4 Å². The summed E-state index contributed by atoms with van der Waals surface area (Å²) in [6.45, 7) is 0.256. The van der Waals surface area contributed by atoms with Gasteiger partial charge in [0.25, 0.3) is 35.5 Å². The quantitative estimate of drug-likeness (QED) is 0.0364. The summed E-state index contributed by atoms with van der Waals surface area (Å²) in [5.74, 6) is -9.70. The standard InChI is InChI=1S/C25H23FN4O3.C24H18F4N4O3.C23H19FN4O4.C22H16F3N5O3/c1-32-22-14-27-13-12-19(22)29-25(31)21-11-10-20(33-21)24-23(16-6-8-17(26)9-7-16)28-15-30(24)18-4-2-3-5-18;25-14-5-3-13(4-6-14)20-22(32(12-30-20)19-2-1-9-24(19,27)28)17-7-8-18(35-17)23(34)31-21-15(26)10-29-11-16(21)33;24-15-3-1-14(2-4-15)21-22(28(13-26-21)17-8-10-31-12-17)18-5-6-19(32-18)23(30)27-16-7-9-25-20(29)11-16;23-14-3-1-13(2-4-14)19-20(30(12-28-19)17-9-32-10-22(17,24)25)15-5-6-16(33-15)21(31)29-18-7-8-26-11-27-18/h6-15,18H,2-5H2,1H3,(H,27,29,31);3-8,10-12,19,33H,1-2,9H2,(H,29,31,34);1-7,9,11,13,17H,8,10,12H2,(H2,25,27,29,30);1-8,11-12,17H,9-10H2,(H,26,27,29,31). The largest absolute Gasteiger partial charge is 0.504 e. The molecule has 14 heterocycles. The van der Waals surface area contributed by atoms with E-state index in [-0.39, 0.29) is 100 Å². The van der Waals surface area contributed by atoms with E-state index in [9.17, 15) is 68.6 Å². The van der Waals surface area contributed by atoms with Crippen molar-refractivity contribution in [1.82, 2.24) is 63.1 Å². The van der Waals surface area contributed by atoms with Crippen LogP contribution in [0.2, 0.25) is 0 Å². The molecule has 4 amide bonds. The summed E-state index contributed by atoms with van der Waals surface area (Å²) in [5, 5.41) is 20.0. The highest BCUT2D eigenvalue weighted by atomic mass is 19.3. The van der Waals surface area contributed by atoms with Crippen LogP contribution < -0.4 is 31.6 Å². The van der Waals surface area contributed by atoms with Crippen LogP contribution in [0.3, 0.4) is 0 Å². The lowest BCUT2D eigenvalue weighted by molar-refractivity contribution is -0.0321. The van der Waals surface area contributed by atoms with E-state index < -0.39 is 83.1 Å². The second kappa shape index (κ2) is 38.7. The molecule has 3 atom stereocenters. The molecule has 2 aliphatic heterocycles. The highest BCUT2D eigenvalue weighted by molar-refractivity contribution is 6.05. The lowest BCUT2D eigenvalue weighted by Gasteiger charge is -2.22. The van der Waals surface area contributed by atoms with Crippen LogP contribution in [0.25, 0.3) is 90.8 Å². The molecule has 0 bridgehead atoms. The van der Waals surface area contributed by atoms with E-state index in [1.54, 1.807) is 73.2 Å². The van der Waals surface area contributed by atoms with Crippen LogP contribution in [0, 0.1) is 29.1 Å². The van der Waals surface area contributed by atoms with Crippen molar-refractivity contribution in [1.29, 1.82) is 0 Å². The molecule has 133 heavy (non-hydrogen) atoms. The van der Waals surface area contributed by atoms with Crippen molar-refractivity contribution >= 4 is 46.5 Å². The molecule has 39 heteroatoms. The highest BCUT2D eigenvalue weighted by Crippen LogP contribution is 2.49. The zero-order valence-corrected chi connectivity index (χ0v) is 69.9. The van der Waals surface area contributed by atoms with Crippen LogP contribution in [0.4, 0.5) is 62.4 Å². The van der Waals surface area contributed by atoms with Gasteiger partial charge in [0, 0.05) is 71.7 Å². The molecule has 3 unspecified atom stereocenters. The third-order valence-electron chi connectivity index (χ3n) is 22.3. The fourth-order valence-electron chi connectivity index (χ4n) is 15.9. The Morgan fingerprint density at radius 1 is 0.459 bits per heavy atom. The molecule has 20 rings (SSSR count). The number of pyridine rings is 3. The first-order valence-electron chi connectivity index (χ1n) is 41.5. The number of carbonyl (C=O) groups excluding carboxylic acids is 4. The van der Waals surface area contributed by atoms with Crippen molar-refractivity contribution in [3.05, 3.63) is 301 Å². The molecule has 678 valence electrons. The number of imidazole rings is 4. The Morgan fingerprint density at radius 3 is 1.37 bits per heavy atom. The van der Waals surface area contributed by atoms with Crippen molar-refractivity contribution in [3.63, 3.8) is 0 Å². The van der Waals surface area contributed by atoms with Gasteiger partial charge in [0.2, 0.25) is 5.56 Å². The van der Waals surface area contributed by atoms with Gasteiger partial charge < -0.3 is 81.5 Å². The average Bonchev–Trinajstić information content (AvgIpc) is 1.59. The summed E-state index contributed by atoms with van der Waals surface area (Å²) in [7, 11) is 1.51. The Balaban J connectivity index is 0.000000124. The Hall–Kier alpha value is -16.1. The number of H-pyrrole nitrogens is 1. The van der Waals surface area contributed by atoms with Crippen LogP contribution in [0.1, 0.15) is 118 Å². The topological polar surface area (TPSA) is 373 Å². The molecule has 2 saturated carbocycles. The number of alkyl halides is 4. The average molecular weight is 1820 g/mol. The first-order chi connectivity index (χ1) is 64.4. The Bertz CT molecular complexity index is 6900. The molecule has 6 N–H and O–H groups in total. The van der Waals surface area contributed by atoms with E-state index in [4.69, 9.17) is 31.9 Å². The number of anilines is 4. The summed E-state index contributed by atoms with van der Waals surface area (Å²) >= 11 is 0. The maximum atomic E-state index is 14.6. The monoisotopic (exact) mass is 1820 g/mol. The van der Waals surface area contributed by atoms with Gasteiger partial charge in [-0.15, -0.1) is 0 Å². The Kier molecular flexibility index (Phi) is 25.9. The number of carbonyl (C=O) groups is 4. The second-order valence-electron chi connectivity index (χ2n) is 30.9. The number of nitrogens with zero attached hydrogens (tertiary/aromatic N) is 12. The molecule has 0 spiro atoms. The number of halogens is 9. The van der Waals surface area contributed by atoms with E-state index in [0.29, 0.717) is 88.2 Å². The maximum absolute atomic E-state index is 14.6. The van der Waals surface area contributed by atoms with Crippen LogP contribution in [-0.2, 0) is 9.47 Å². The van der Waals surface area contributed by atoms with E-state index in [1.165, 1.54) is 163 Å². The maximum Gasteiger partial charge on any atom is 0.293 e. The zero-order chi connectivity index (χ0) is 92.6. The molecule has 4 fully saturated rings. The smallest absolute Gasteiger partial charge is 0.293 e. The summed E-state index contributed by atoms with van der Waals surface area (Å²) in [5.41, 5.74) is 6.29. The summed E-state index contributed by atoms with van der Waals surface area (Å²) in [6.07, 6.45) is 20.7. The van der Waals surface area contributed by atoms with Gasteiger partial charge in [-0.2, -0.15) is 0 Å². The number of nitrogens with one attached hydrogen (secondary N) is 5. The van der Waals surface area contributed by atoms with E-state index >= 15 is 0 Å². The fraction of sp³-hybridized carbons (Fsp3) is 0.202. The number of amides is 4. The van der Waals surface area contributed by atoms with Crippen LogP contribution in [0.15, 0.2) is 261 Å². The second-order valence-corrected chi connectivity index (χ2v) is 30.9. The number of aromatic amines is 1. The molecule has 0 radical (unpaired) electrons. The number of hydrogen-bond donors (Lipinski definition) is 6. The predicted molar refractivity (Wildman–Crippen MR) is 463 cm³/mol. The van der Waals surface area contributed by atoms with Gasteiger partial charge in [-0.05, 0) is 196 Å². The van der Waals surface area contributed by atoms with E-state index in [2.05, 4.69) is 70.7 Å². The van der Waals surface area contributed by atoms with Gasteiger partial charge in [-0.25, -0.2) is 69.4 Å². The summed E-state index contributed by atoms with van der Waals surface area (Å²) in [4.78, 5) is 97.6. The minimum atomic E-state index is -3.13. The number of hydrogen-bond acceptors (Lipinski definition) is 21. The Morgan fingerprint density at radius 2 is 0.925 bits per heavy atom. The predicted octanol–water partition coefficient (Wildman–Crippen LogP) is 19.6. The Labute approximate surface area is 747 Å². The third-order valence-corrected chi connectivity index (χ3v) is 22.3. The number of aromatic nitrogens is 13. The van der Waals surface area contributed by atoms with Gasteiger partial charge in [-0.1, -0.05) is 12.8 Å². The van der Waals surface area contributed by atoms with Crippen molar-refractivity contribution in [3.8, 4) is 102 Å². The zero-order valence-electron chi connectivity index (χ0n) is 69.9. The van der Waals surface area contributed by atoms with Gasteiger partial charge in [0.05, 0.1) is 105 Å². The molecular weight excluding hydrogens is 1750 g/mol. The first-order valence-corrected chi connectivity index (χ1v) is 41.5. The minimum absolute atomic E-state index is 0.0594. The van der Waals surface area contributed by atoms with Crippen molar-refractivity contribution in [2.45, 2.75) is 87.4 Å². The molecule has 16 aromatic rings. The lowest BCUT2D eigenvalue weighted by atomic mass is 10.1. The van der Waals surface area contributed by atoms with Crippen LogP contribution >= 0.6 is 0 Å². The van der Waals surface area contributed by atoms with Gasteiger partial charge >= 0.3 is 0 Å². The number of ether oxygens (including phenoxy) is 3.